The van der Waals surface area contributed by atoms with E-state index in [0.717, 1.165) is 22.6 Å². The van der Waals surface area contributed by atoms with Gasteiger partial charge < -0.3 is 14.2 Å². The van der Waals surface area contributed by atoms with Gasteiger partial charge in [0.25, 0.3) is 0 Å². The number of carbonyl (C=O) groups is 1. The van der Waals surface area contributed by atoms with E-state index in [2.05, 4.69) is 11.9 Å². The van der Waals surface area contributed by atoms with E-state index in [4.69, 9.17) is 14.2 Å². The predicted molar refractivity (Wildman–Crippen MR) is 92.6 cm³/mol. The van der Waals surface area contributed by atoms with E-state index in [1.54, 1.807) is 0 Å². The van der Waals surface area contributed by atoms with Gasteiger partial charge in [0.2, 0.25) is 11.4 Å². The van der Waals surface area contributed by atoms with E-state index in [9.17, 15) is 4.79 Å². The van der Waals surface area contributed by atoms with Crippen molar-refractivity contribution in [3.05, 3.63) is 44.8 Å². The highest BCUT2D eigenvalue weighted by Crippen LogP contribution is 2.60. The molecule has 0 aromatic carbocycles. The lowest BCUT2D eigenvalue weighted by atomic mass is 9.93. The summed E-state index contributed by atoms with van der Waals surface area (Å²) in [6.45, 7) is 0. The molecule has 2 aromatic heterocycles. The second kappa shape index (κ2) is 4.72. The van der Waals surface area contributed by atoms with Crippen LogP contribution in [0.25, 0.3) is 0 Å². The van der Waals surface area contributed by atoms with Crippen molar-refractivity contribution in [1.82, 2.24) is 4.90 Å². The summed E-state index contributed by atoms with van der Waals surface area (Å²) in [4.78, 5) is 17.3. The average molecular weight is 375 g/mol. The SMILES string of the molecule is CN1C2CC3CC1[C@@]1(O3)OC(c3cccs3)(c3cccs3)C(=O)OC21. The first-order valence-corrected chi connectivity index (χ1v) is 10.3. The quantitative estimate of drug-likeness (QED) is 0.755. The van der Waals surface area contributed by atoms with Gasteiger partial charge in [0.1, 0.15) is 0 Å². The number of hydrogen-bond donors (Lipinski definition) is 0. The van der Waals surface area contributed by atoms with Crippen molar-refractivity contribution in [3.8, 4) is 0 Å². The summed E-state index contributed by atoms with van der Waals surface area (Å²) >= 11 is 3.04. The van der Waals surface area contributed by atoms with Crippen molar-refractivity contribution in [2.24, 2.45) is 0 Å². The molecule has 4 unspecified atom stereocenters. The van der Waals surface area contributed by atoms with Gasteiger partial charge in [0, 0.05) is 0 Å². The highest BCUT2D eigenvalue weighted by atomic mass is 32.1. The Bertz CT molecular complexity index is 801. The van der Waals surface area contributed by atoms with Crippen molar-refractivity contribution in [1.29, 1.82) is 0 Å². The second-order valence-electron chi connectivity index (χ2n) is 7.25. The zero-order valence-corrected chi connectivity index (χ0v) is 15.2. The van der Waals surface area contributed by atoms with E-state index in [1.807, 2.05) is 35.0 Å². The van der Waals surface area contributed by atoms with Gasteiger partial charge >= 0.3 is 5.97 Å². The van der Waals surface area contributed by atoms with Gasteiger partial charge in [-0.3, -0.25) is 4.90 Å². The number of likely N-dealkylation sites (N-methyl/N-ethyl adjacent to an activating group) is 1. The van der Waals surface area contributed by atoms with Crippen LogP contribution in [0.4, 0.5) is 0 Å². The lowest BCUT2D eigenvalue weighted by Crippen LogP contribution is -2.64. The van der Waals surface area contributed by atoms with E-state index in [1.165, 1.54) is 22.7 Å². The van der Waals surface area contributed by atoms with Gasteiger partial charge in [0.15, 0.2) is 6.10 Å². The Morgan fingerprint density at radius 3 is 2.52 bits per heavy atom. The third-order valence-corrected chi connectivity index (χ3v) is 8.08. The molecule has 130 valence electrons. The normalized spacial score (nSPS) is 41.1. The molecule has 1 spiro atoms. The zero-order valence-electron chi connectivity index (χ0n) is 13.6. The molecule has 2 aromatic rings. The van der Waals surface area contributed by atoms with Crippen molar-refractivity contribution in [3.63, 3.8) is 0 Å². The minimum atomic E-state index is -1.22. The van der Waals surface area contributed by atoms with Crippen molar-refractivity contribution in [2.75, 3.05) is 7.05 Å². The number of nitrogens with zero attached hydrogens (tertiary/aromatic N) is 1. The molecule has 0 N–H and O–H groups in total. The molecular weight excluding hydrogens is 358 g/mol. The fourth-order valence-corrected chi connectivity index (χ4v) is 6.88. The largest absolute Gasteiger partial charge is 0.452 e. The third-order valence-electron chi connectivity index (χ3n) is 6.14. The van der Waals surface area contributed by atoms with Crippen LogP contribution in [-0.2, 0) is 24.6 Å². The summed E-state index contributed by atoms with van der Waals surface area (Å²) in [7, 11) is 2.09. The van der Waals surface area contributed by atoms with Gasteiger partial charge in [-0.2, -0.15) is 0 Å². The van der Waals surface area contributed by atoms with Crippen LogP contribution in [0, 0.1) is 0 Å². The molecule has 5 saturated heterocycles. The number of esters is 1. The number of hydrogen-bond acceptors (Lipinski definition) is 7. The Morgan fingerprint density at radius 1 is 1.16 bits per heavy atom. The molecule has 4 bridgehead atoms. The molecule has 0 radical (unpaired) electrons. The van der Waals surface area contributed by atoms with Gasteiger partial charge in [-0.25, -0.2) is 4.79 Å². The zero-order chi connectivity index (χ0) is 16.8. The average Bonchev–Trinajstić information content (AvgIpc) is 3.36. The van der Waals surface area contributed by atoms with Crippen LogP contribution in [-0.4, -0.2) is 48.0 Å². The van der Waals surface area contributed by atoms with Crippen molar-refractivity contribution in [2.45, 2.75) is 48.5 Å². The topological polar surface area (TPSA) is 48.0 Å². The minimum Gasteiger partial charge on any atom is -0.452 e. The highest BCUT2D eigenvalue weighted by molar-refractivity contribution is 7.12. The molecule has 7 heterocycles. The summed E-state index contributed by atoms with van der Waals surface area (Å²) in [6.07, 6.45) is 1.69. The molecule has 0 saturated carbocycles. The van der Waals surface area contributed by atoms with Crippen molar-refractivity contribution < 1.29 is 19.0 Å². The van der Waals surface area contributed by atoms with Crippen LogP contribution in [0.3, 0.4) is 0 Å². The second-order valence-corrected chi connectivity index (χ2v) is 9.14. The summed E-state index contributed by atoms with van der Waals surface area (Å²) in [5, 5.41) is 3.94. The summed E-state index contributed by atoms with van der Waals surface area (Å²) in [5.74, 6) is -1.18. The minimum absolute atomic E-state index is 0.133. The number of rotatable bonds is 2. The fourth-order valence-electron chi connectivity index (χ4n) is 5.09. The first kappa shape index (κ1) is 14.9. The standard InChI is InChI=1S/C18H17NO4S2/c1-19-11-8-10-9-12(19)18(22-10)15(11)21-16(20)17(23-18,13-4-2-6-24-13)14-5-3-7-25-14/h2-7,10-12,15H,8-9H2,1H3/t10?,11?,12?,15?,18-/m1/s1. The Labute approximate surface area is 153 Å². The summed E-state index contributed by atoms with van der Waals surface area (Å²) in [6, 6.07) is 8.11. The fraction of sp³-hybridized carbons (Fsp3) is 0.500. The first-order chi connectivity index (χ1) is 12.1. The summed E-state index contributed by atoms with van der Waals surface area (Å²) < 4.78 is 19.2. The molecule has 5 aliphatic rings. The lowest BCUT2D eigenvalue weighted by molar-refractivity contribution is -0.344. The molecule has 0 aliphatic carbocycles. The lowest BCUT2D eigenvalue weighted by Gasteiger charge is -2.48. The van der Waals surface area contributed by atoms with Crippen LogP contribution < -0.4 is 0 Å². The highest BCUT2D eigenvalue weighted by Gasteiger charge is 2.76. The van der Waals surface area contributed by atoms with Crippen LogP contribution >= 0.6 is 22.7 Å². The molecule has 25 heavy (non-hydrogen) atoms. The van der Waals surface area contributed by atoms with Crippen molar-refractivity contribution >= 4 is 28.6 Å². The molecule has 0 amide bonds. The Balaban J connectivity index is 1.56. The molecule has 5 atom stereocenters. The molecule has 5 nitrogen and oxygen atoms in total. The first-order valence-electron chi connectivity index (χ1n) is 8.54. The molecular formula is C18H17NO4S2. The van der Waals surface area contributed by atoms with Gasteiger partial charge in [-0.15, -0.1) is 22.7 Å². The predicted octanol–water partition coefficient (Wildman–Crippen LogP) is 2.57. The van der Waals surface area contributed by atoms with Gasteiger partial charge in [-0.05, 0) is 42.8 Å². The molecule has 5 aliphatic heterocycles. The monoisotopic (exact) mass is 375 g/mol. The number of ether oxygens (including phenoxy) is 3. The Morgan fingerprint density at radius 2 is 1.88 bits per heavy atom. The molecule has 7 heteroatoms. The number of carbonyl (C=O) groups excluding carboxylic acids is 1. The molecule has 5 fully saturated rings. The van der Waals surface area contributed by atoms with E-state index in [0.29, 0.717) is 0 Å². The van der Waals surface area contributed by atoms with Crippen LogP contribution in [0.5, 0.6) is 0 Å². The summed E-state index contributed by atoms with van der Waals surface area (Å²) in [5.41, 5.74) is -1.22. The van der Waals surface area contributed by atoms with E-state index >= 15 is 0 Å². The van der Waals surface area contributed by atoms with Crippen LogP contribution in [0.15, 0.2) is 35.0 Å². The van der Waals surface area contributed by atoms with Gasteiger partial charge in [-0.1, -0.05) is 12.1 Å². The maximum atomic E-state index is 13.3. The number of thiophene rings is 2. The number of piperidine rings is 1. The molecule has 7 rings (SSSR count). The Kier molecular flexibility index (Phi) is 2.81. The van der Waals surface area contributed by atoms with Crippen LogP contribution in [0.2, 0.25) is 0 Å². The maximum absolute atomic E-state index is 13.3. The van der Waals surface area contributed by atoms with Crippen LogP contribution in [0.1, 0.15) is 22.6 Å². The van der Waals surface area contributed by atoms with Gasteiger partial charge in [0.05, 0.1) is 27.9 Å². The Hall–Kier alpha value is -1.25. The maximum Gasteiger partial charge on any atom is 0.350 e. The van der Waals surface area contributed by atoms with E-state index < -0.39 is 11.4 Å². The third kappa shape index (κ3) is 1.62. The van der Waals surface area contributed by atoms with E-state index in [-0.39, 0.29) is 30.3 Å². The smallest absolute Gasteiger partial charge is 0.350 e.